The van der Waals surface area contributed by atoms with Gasteiger partial charge in [0.15, 0.2) is 0 Å². The molecule has 0 aromatic heterocycles. The van der Waals surface area contributed by atoms with Crippen LogP contribution in [0.4, 0.5) is 11.4 Å². The predicted octanol–water partition coefficient (Wildman–Crippen LogP) is 3.11. The SMILES string of the molecule is COc1ccc(NS(=O)(=O)c2ccc(N3CCCC3=O)c(C)c2)cc1S(=O)(=O)N1CCCCC1. The van der Waals surface area contributed by atoms with Gasteiger partial charge in [0, 0.05) is 31.7 Å². The molecule has 9 nitrogen and oxygen atoms in total. The van der Waals surface area contributed by atoms with E-state index >= 15 is 0 Å². The van der Waals surface area contributed by atoms with Crippen LogP contribution in [-0.4, -0.2) is 53.8 Å². The van der Waals surface area contributed by atoms with Crippen molar-refractivity contribution in [3.63, 3.8) is 0 Å². The van der Waals surface area contributed by atoms with Crippen LogP contribution in [0.15, 0.2) is 46.2 Å². The summed E-state index contributed by atoms with van der Waals surface area (Å²) in [5, 5.41) is 0. The summed E-state index contributed by atoms with van der Waals surface area (Å²) in [5.74, 6) is 0.182. The van der Waals surface area contributed by atoms with Crippen LogP contribution in [0.25, 0.3) is 0 Å². The van der Waals surface area contributed by atoms with Crippen LogP contribution in [-0.2, 0) is 24.8 Å². The lowest BCUT2D eigenvalue weighted by Crippen LogP contribution is -2.35. The number of nitrogens with zero attached hydrogens (tertiary/aromatic N) is 2. The highest BCUT2D eigenvalue weighted by atomic mass is 32.2. The van der Waals surface area contributed by atoms with Gasteiger partial charge < -0.3 is 9.64 Å². The lowest BCUT2D eigenvalue weighted by molar-refractivity contribution is -0.117. The van der Waals surface area contributed by atoms with E-state index in [1.54, 1.807) is 17.9 Å². The number of aryl methyl sites for hydroxylation is 1. The molecule has 0 aliphatic carbocycles. The number of piperidine rings is 1. The third kappa shape index (κ3) is 4.77. The first-order valence-corrected chi connectivity index (χ1v) is 14.2. The number of nitrogens with one attached hydrogen (secondary N) is 1. The van der Waals surface area contributed by atoms with Gasteiger partial charge in [0.1, 0.15) is 10.6 Å². The van der Waals surface area contributed by atoms with Crippen molar-refractivity contribution < 1.29 is 26.4 Å². The molecule has 1 amide bonds. The number of amides is 1. The number of ether oxygens (including phenoxy) is 1. The summed E-state index contributed by atoms with van der Waals surface area (Å²) in [7, 11) is -6.46. The smallest absolute Gasteiger partial charge is 0.261 e. The topological polar surface area (TPSA) is 113 Å². The van der Waals surface area contributed by atoms with Crippen molar-refractivity contribution in [3.8, 4) is 5.75 Å². The highest BCUT2D eigenvalue weighted by Crippen LogP contribution is 2.33. The van der Waals surface area contributed by atoms with Crippen molar-refractivity contribution in [2.24, 2.45) is 0 Å². The van der Waals surface area contributed by atoms with Crippen molar-refractivity contribution in [2.45, 2.75) is 48.8 Å². The standard InChI is InChI=1S/C23H29N3O6S2/c1-17-15-19(9-10-20(17)26-14-6-7-23(26)27)33(28,29)24-18-8-11-21(32-2)22(16-18)34(30,31)25-12-4-3-5-13-25/h8-11,15-16,24H,3-7,12-14H2,1-2H3. The van der Waals surface area contributed by atoms with Crippen LogP contribution in [0.1, 0.15) is 37.7 Å². The number of carbonyl (C=O) groups is 1. The zero-order chi connectivity index (χ0) is 24.5. The maximum absolute atomic E-state index is 13.2. The van der Waals surface area contributed by atoms with E-state index in [0.717, 1.165) is 25.7 Å². The Kier molecular flexibility index (Phi) is 6.88. The van der Waals surface area contributed by atoms with E-state index in [0.29, 0.717) is 37.3 Å². The number of benzene rings is 2. The van der Waals surface area contributed by atoms with Gasteiger partial charge in [-0.1, -0.05) is 6.42 Å². The maximum Gasteiger partial charge on any atom is 0.261 e. The van der Waals surface area contributed by atoms with Crippen molar-refractivity contribution in [3.05, 3.63) is 42.0 Å². The third-order valence-corrected chi connectivity index (χ3v) is 9.49. The normalized spacial score (nSPS) is 17.7. The molecule has 34 heavy (non-hydrogen) atoms. The Morgan fingerprint density at radius 2 is 1.65 bits per heavy atom. The van der Waals surface area contributed by atoms with Crippen LogP contribution in [0.3, 0.4) is 0 Å². The first-order valence-electron chi connectivity index (χ1n) is 11.3. The van der Waals surface area contributed by atoms with Crippen LogP contribution < -0.4 is 14.4 Å². The average Bonchev–Trinajstić information content (AvgIpc) is 3.24. The first-order chi connectivity index (χ1) is 16.1. The van der Waals surface area contributed by atoms with Crippen molar-refractivity contribution >= 4 is 37.3 Å². The molecule has 2 fully saturated rings. The van der Waals surface area contributed by atoms with Crippen molar-refractivity contribution in [2.75, 3.05) is 36.4 Å². The number of methoxy groups -OCH3 is 1. The monoisotopic (exact) mass is 507 g/mol. The van der Waals surface area contributed by atoms with Crippen molar-refractivity contribution in [1.82, 2.24) is 4.31 Å². The van der Waals surface area contributed by atoms with Gasteiger partial charge in [-0.2, -0.15) is 4.31 Å². The molecule has 0 atom stereocenters. The number of rotatable bonds is 7. The Balaban J connectivity index is 1.62. The molecule has 0 radical (unpaired) electrons. The Morgan fingerprint density at radius 3 is 2.26 bits per heavy atom. The molecule has 1 N–H and O–H groups in total. The fraction of sp³-hybridized carbons (Fsp3) is 0.435. The van der Waals surface area contributed by atoms with Gasteiger partial charge in [0.05, 0.1) is 17.7 Å². The molecule has 2 heterocycles. The lowest BCUT2D eigenvalue weighted by Gasteiger charge is -2.26. The van der Waals surface area contributed by atoms with E-state index in [2.05, 4.69) is 4.72 Å². The van der Waals surface area contributed by atoms with E-state index in [-0.39, 0.29) is 27.1 Å². The molecule has 2 aliphatic rings. The quantitative estimate of drug-likeness (QED) is 0.616. The highest BCUT2D eigenvalue weighted by molar-refractivity contribution is 7.92. The lowest BCUT2D eigenvalue weighted by atomic mass is 10.2. The summed E-state index contributed by atoms with van der Waals surface area (Å²) in [5.41, 5.74) is 1.48. The van der Waals surface area contributed by atoms with Crippen LogP contribution in [0.5, 0.6) is 5.75 Å². The molecule has 0 bridgehead atoms. The van der Waals surface area contributed by atoms with Crippen LogP contribution >= 0.6 is 0 Å². The van der Waals surface area contributed by atoms with Crippen LogP contribution in [0, 0.1) is 6.92 Å². The second-order valence-electron chi connectivity index (χ2n) is 8.53. The van der Waals surface area contributed by atoms with Gasteiger partial charge in [-0.25, -0.2) is 16.8 Å². The zero-order valence-corrected chi connectivity index (χ0v) is 20.9. The molecule has 2 aliphatic heterocycles. The first kappa shape index (κ1) is 24.5. The van der Waals surface area contributed by atoms with Crippen LogP contribution in [0.2, 0.25) is 0 Å². The van der Waals surface area contributed by atoms with E-state index in [1.165, 1.54) is 41.7 Å². The van der Waals surface area contributed by atoms with Crippen molar-refractivity contribution in [1.29, 1.82) is 0 Å². The Morgan fingerprint density at radius 1 is 0.912 bits per heavy atom. The zero-order valence-electron chi connectivity index (χ0n) is 19.3. The van der Waals surface area contributed by atoms with E-state index < -0.39 is 20.0 Å². The van der Waals surface area contributed by atoms with Gasteiger partial charge in [-0.3, -0.25) is 9.52 Å². The summed E-state index contributed by atoms with van der Waals surface area (Å²) in [4.78, 5) is 13.7. The molecule has 2 aromatic carbocycles. The number of hydrogen-bond acceptors (Lipinski definition) is 6. The number of carbonyl (C=O) groups excluding carboxylic acids is 1. The minimum absolute atomic E-state index is 0.0247. The largest absolute Gasteiger partial charge is 0.495 e. The van der Waals surface area contributed by atoms with Gasteiger partial charge in [-0.05, 0) is 68.1 Å². The number of sulfonamides is 2. The second-order valence-corrected chi connectivity index (χ2v) is 12.1. The molecule has 184 valence electrons. The second kappa shape index (κ2) is 9.55. The molecule has 0 spiro atoms. The summed E-state index contributed by atoms with van der Waals surface area (Å²) in [6.07, 6.45) is 3.81. The molecule has 2 aromatic rings. The summed E-state index contributed by atoms with van der Waals surface area (Å²) in [6, 6.07) is 8.80. The summed E-state index contributed by atoms with van der Waals surface area (Å²) in [6.45, 7) is 3.22. The summed E-state index contributed by atoms with van der Waals surface area (Å²) < 4.78 is 61.8. The number of anilines is 2. The Hall–Kier alpha value is -2.63. The number of hydrogen-bond donors (Lipinski definition) is 1. The molecule has 4 rings (SSSR count). The van der Waals surface area contributed by atoms with Gasteiger partial charge >= 0.3 is 0 Å². The van der Waals surface area contributed by atoms with Gasteiger partial charge in [-0.15, -0.1) is 0 Å². The average molecular weight is 508 g/mol. The predicted molar refractivity (Wildman–Crippen MR) is 129 cm³/mol. The Bertz CT molecular complexity index is 1300. The van der Waals surface area contributed by atoms with Gasteiger partial charge in [0.2, 0.25) is 15.9 Å². The molecule has 2 saturated heterocycles. The van der Waals surface area contributed by atoms with Gasteiger partial charge in [0.25, 0.3) is 10.0 Å². The molecule has 0 saturated carbocycles. The Labute approximate surface area is 200 Å². The minimum Gasteiger partial charge on any atom is -0.495 e. The highest BCUT2D eigenvalue weighted by Gasteiger charge is 2.30. The fourth-order valence-corrected chi connectivity index (χ4v) is 7.23. The fourth-order valence-electron chi connectivity index (χ4n) is 4.40. The minimum atomic E-state index is -4.00. The van der Waals surface area contributed by atoms with E-state index in [4.69, 9.17) is 4.74 Å². The van der Waals surface area contributed by atoms with E-state index in [9.17, 15) is 21.6 Å². The molecule has 0 unspecified atom stereocenters. The molecule has 11 heteroatoms. The summed E-state index contributed by atoms with van der Waals surface area (Å²) >= 11 is 0. The molecular formula is C23H29N3O6S2. The molecular weight excluding hydrogens is 478 g/mol. The maximum atomic E-state index is 13.2. The van der Waals surface area contributed by atoms with E-state index in [1.807, 2.05) is 0 Å². The third-order valence-electron chi connectivity index (χ3n) is 6.19.